The molecule has 0 bridgehead atoms. The van der Waals surface area contributed by atoms with E-state index in [9.17, 15) is 0 Å². The number of nitrogens with zero attached hydrogens (tertiary/aromatic N) is 2. The highest BCUT2D eigenvalue weighted by atomic mass is 79.9. The molecule has 2 aromatic heterocycles. The van der Waals surface area contributed by atoms with E-state index in [1.165, 1.54) is 0 Å². The molecule has 0 unspecified atom stereocenters. The van der Waals surface area contributed by atoms with E-state index in [2.05, 4.69) is 25.9 Å². The van der Waals surface area contributed by atoms with Gasteiger partial charge in [0.15, 0.2) is 0 Å². The maximum absolute atomic E-state index is 5.57. The minimum Gasteiger partial charge on any atom is -0.486 e. The van der Waals surface area contributed by atoms with Crippen LogP contribution >= 0.6 is 15.9 Å². The standard InChI is InChI=1S/C12H11BrN2O/c1-9-3-2-4-11(15-9)8-16-12-5-10(13)6-14-7-12/h2-7H,8H2,1H3. The van der Waals surface area contributed by atoms with Crippen LogP contribution in [0.25, 0.3) is 0 Å². The fourth-order valence-corrected chi connectivity index (χ4v) is 1.65. The highest BCUT2D eigenvalue weighted by molar-refractivity contribution is 9.10. The molecule has 82 valence electrons. The van der Waals surface area contributed by atoms with Crippen molar-refractivity contribution in [3.8, 4) is 5.75 Å². The van der Waals surface area contributed by atoms with E-state index >= 15 is 0 Å². The van der Waals surface area contributed by atoms with Crippen molar-refractivity contribution in [2.24, 2.45) is 0 Å². The molecule has 0 saturated heterocycles. The third-order valence-electron chi connectivity index (χ3n) is 2.01. The van der Waals surface area contributed by atoms with Crippen LogP contribution in [0.1, 0.15) is 11.4 Å². The third-order valence-corrected chi connectivity index (χ3v) is 2.45. The van der Waals surface area contributed by atoms with Crippen molar-refractivity contribution in [2.75, 3.05) is 0 Å². The minimum absolute atomic E-state index is 0.458. The molecule has 16 heavy (non-hydrogen) atoms. The molecular weight excluding hydrogens is 268 g/mol. The van der Waals surface area contributed by atoms with Crippen LogP contribution in [0.3, 0.4) is 0 Å². The Morgan fingerprint density at radius 1 is 1.31 bits per heavy atom. The molecule has 0 N–H and O–H groups in total. The molecule has 0 saturated carbocycles. The molecule has 2 aromatic rings. The Labute approximate surface area is 103 Å². The topological polar surface area (TPSA) is 35.0 Å². The Morgan fingerprint density at radius 3 is 2.94 bits per heavy atom. The summed E-state index contributed by atoms with van der Waals surface area (Å²) in [5.74, 6) is 0.734. The second-order valence-corrected chi connectivity index (χ2v) is 4.31. The van der Waals surface area contributed by atoms with Crippen molar-refractivity contribution < 1.29 is 4.74 Å². The van der Waals surface area contributed by atoms with Crippen LogP contribution < -0.4 is 4.74 Å². The van der Waals surface area contributed by atoms with Crippen LogP contribution in [-0.4, -0.2) is 9.97 Å². The Kier molecular flexibility index (Phi) is 3.51. The average Bonchev–Trinajstić information content (AvgIpc) is 2.27. The number of halogens is 1. The van der Waals surface area contributed by atoms with E-state index in [0.29, 0.717) is 6.61 Å². The molecule has 4 heteroatoms. The lowest BCUT2D eigenvalue weighted by Gasteiger charge is -2.05. The van der Waals surface area contributed by atoms with Crippen molar-refractivity contribution in [1.82, 2.24) is 9.97 Å². The van der Waals surface area contributed by atoms with Gasteiger partial charge in [0.1, 0.15) is 12.4 Å². The van der Waals surface area contributed by atoms with Crippen molar-refractivity contribution in [1.29, 1.82) is 0 Å². The maximum Gasteiger partial charge on any atom is 0.139 e. The van der Waals surface area contributed by atoms with Crippen molar-refractivity contribution in [3.63, 3.8) is 0 Å². The molecular formula is C12H11BrN2O. The lowest BCUT2D eigenvalue weighted by molar-refractivity contribution is 0.299. The number of pyridine rings is 2. The molecule has 2 rings (SSSR count). The minimum atomic E-state index is 0.458. The highest BCUT2D eigenvalue weighted by Gasteiger charge is 1.98. The van der Waals surface area contributed by atoms with Gasteiger partial charge in [0, 0.05) is 16.4 Å². The molecule has 0 aliphatic heterocycles. The average molecular weight is 279 g/mol. The fraction of sp³-hybridized carbons (Fsp3) is 0.167. The lowest BCUT2D eigenvalue weighted by Crippen LogP contribution is -1.99. The first-order chi connectivity index (χ1) is 7.74. The molecule has 0 spiro atoms. The van der Waals surface area contributed by atoms with E-state index in [-0.39, 0.29) is 0 Å². The molecule has 0 atom stereocenters. The van der Waals surface area contributed by atoms with Crippen LogP contribution in [0.5, 0.6) is 5.75 Å². The van der Waals surface area contributed by atoms with Crippen LogP contribution in [0.4, 0.5) is 0 Å². The van der Waals surface area contributed by atoms with E-state index in [1.807, 2.05) is 31.2 Å². The van der Waals surface area contributed by atoms with Crippen LogP contribution in [-0.2, 0) is 6.61 Å². The zero-order valence-electron chi connectivity index (χ0n) is 8.85. The fourth-order valence-electron chi connectivity index (χ4n) is 1.31. The zero-order chi connectivity index (χ0) is 11.4. The first-order valence-corrected chi connectivity index (χ1v) is 5.69. The Morgan fingerprint density at radius 2 is 2.19 bits per heavy atom. The second kappa shape index (κ2) is 5.07. The third kappa shape index (κ3) is 3.03. The van der Waals surface area contributed by atoms with Crippen LogP contribution in [0, 0.1) is 6.92 Å². The zero-order valence-corrected chi connectivity index (χ0v) is 10.4. The summed E-state index contributed by atoms with van der Waals surface area (Å²) in [6.45, 7) is 2.42. The summed E-state index contributed by atoms with van der Waals surface area (Å²) in [5, 5.41) is 0. The van der Waals surface area contributed by atoms with Gasteiger partial charge in [0.25, 0.3) is 0 Å². The van der Waals surface area contributed by atoms with Crippen molar-refractivity contribution >= 4 is 15.9 Å². The number of aromatic nitrogens is 2. The monoisotopic (exact) mass is 278 g/mol. The smallest absolute Gasteiger partial charge is 0.139 e. The summed E-state index contributed by atoms with van der Waals surface area (Å²) >= 11 is 3.34. The van der Waals surface area contributed by atoms with Gasteiger partial charge in [-0.3, -0.25) is 9.97 Å². The summed E-state index contributed by atoms with van der Waals surface area (Å²) in [5.41, 5.74) is 1.91. The van der Waals surface area contributed by atoms with Crippen molar-refractivity contribution in [3.05, 3.63) is 52.5 Å². The number of ether oxygens (including phenoxy) is 1. The molecule has 0 aromatic carbocycles. The predicted octanol–water partition coefficient (Wildman–Crippen LogP) is 3.13. The largest absolute Gasteiger partial charge is 0.486 e. The van der Waals surface area contributed by atoms with Crippen molar-refractivity contribution in [2.45, 2.75) is 13.5 Å². The van der Waals surface area contributed by atoms with E-state index in [4.69, 9.17) is 4.74 Å². The quantitative estimate of drug-likeness (QED) is 0.865. The van der Waals surface area contributed by atoms with Gasteiger partial charge in [0.2, 0.25) is 0 Å². The van der Waals surface area contributed by atoms with Gasteiger partial charge in [0.05, 0.1) is 11.9 Å². The molecule has 0 aliphatic rings. The normalized spacial score (nSPS) is 10.1. The van der Waals surface area contributed by atoms with Gasteiger partial charge < -0.3 is 4.74 Å². The molecule has 0 fully saturated rings. The Hall–Kier alpha value is -1.42. The SMILES string of the molecule is Cc1cccc(COc2cncc(Br)c2)n1. The Balaban J connectivity index is 2.02. The van der Waals surface area contributed by atoms with E-state index in [1.54, 1.807) is 12.4 Å². The number of rotatable bonds is 3. The molecule has 0 aliphatic carbocycles. The maximum atomic E-state index is 5.57. The molecule has 0 amide bonds. The molecule has 2 heterocycles. The number of aryl methyl sites for hydroxylation is 1. The van der Waals surface area contributed by atoms with Gasteiger partial charge in [-0.2, -0.15) is 0 Å². The summed E-state index contributed by atoms with van der Waals surface area (Å²) in [4.78, 5) is 8.38. The highest BCUT2D eigenvalue weighted by Crippen LogP contribution is 2.16. The summed E-state index contributed by atoms with van der Waals surface area (Å²) < 4.78 is 6.48. The number of hydrogen-bond donors (Lipinski definition) is 0. The van der Waals surface area contributed by atoms with Gasteiger partial charge in [-0.25, -0.2) is 0 Å². The summed E-state index contributed by atoms with van der Waals surface area (Å²) in [7, 11) is 0. The first kappa shape index (κ1) is 11.1. The summed E-state index contributed by atoms with van der Waals surface area (Å²) in [6.07, 6.45) is 3.40. The molecule has 3 nitrogen and oxygen atoms in total. The van der Waals surface area contributed by atoms with E-state index < -0.39 is 0 Å². The summed E-state index contributed by atoms with van der Waals surface area (Å²) in [6, 6.07) is 7.76. The van der Waals surface area contributed by atoms with E-state index in [0.717, 1.165) is 21.6 Å². The van der Waals surface area contributed by atoms with Crippen LogP contribution in [0.15, 0.2) is 41.1 Å². The number of hydrogen-bond acceptors (Lipinski definition) is 3. The van der Waals surface area contributed by atoms with Gasteiger partial charge in [-0.15, -0.1) is 0 Å². The molecule has 0 radical (unpaired) electrons. The van der Waals surface area contributed by atoms with Gasteiger partial charge >= 0.3 is 0 Å². The Bertz CT molecular complexity index is 442. The van der Waals surface area contributed by atoms with Crippen LogP contribution in [0.2, 0.25) is 0 Å². The lowest BCUT2D eigenvalue weighted by atomic mass is 10.3. The first-order valence-electron chi connectivity index (χ1n) is 4.90. The van der Waals surface area contributed by atoms with Gasteiger partial charge in [-0.05, 0) is 41.1 Å². The predicted molar refractivity (Wildman–Crippen MR) is 65.2 cm³/mol. The second-order valence-electron chi connectivity index (χ2n) is 3.40. The van der Waals surface area contributed by atoms with Gasteiger partial charge in [-0.1, -0.05) is 6.07 Å².